The van der Waals surface area contributed by atoms with Crippen molar-refractivity contribution < 1.29 is 4.79 Å². The Balaban J connectivity index is 4.28. The van der Waals surface area contributed by atoms with Gasteiger partial charge in [-0.1, -0.05) is 26.7 Å². The van der Waals surface area contributed by atoms with Gasteiger partial charge in [-0.3, -0.25) is 9.69 Å². The van der Waals surface area contributed by atoms with Crippen molar-refractivity contribution in [1.82, 2.24) is 4.90 Å². The van der Waals surface area contributed by atoms with Gasteiger partial charge >= 0.3 is 0 Å². The molecule has 3 nitrogen and oxygen atoms in total. The number of hydrogen-bond donors (Lipinski definition) is 1. The Bertz CT molecular complexity index is 180. The highest BCUT2D eigenvalue weighted by Crippen LogP contribution is 2.11. The van der Waals surface area contributed by atoms with E-state index in [0.717, 1.165) is 19.4 Å². The molecule has 0 saturated carbocycles. The second kappa shape index (κ2) is 7.69. The molecular formula is C12H26N2O. The van der Waals surface area contributed by atoms with E-state index < -0.39 is 0 Å². The first kappa shape index (κ1) is 14.4. The van der Waals surface area contributed by atoms with Crippen LogP contribution >= 0.6 is 0 Å². The quantitative estimate of drug-likeness (QED) is 0.629. The Labute approximate surface area is 94.0 Å². The van der Waals surface area contributed by atoms with Gasteiger partial charge in [-0.05, 0) is 33.2 Å². The average molecular weight is 214 g/mol. The number of nitrogens with zero attached hydrogens (tertiary/aromatic N) is 1. The summed E-state index contributed by atoms with van der Waals surface area (Å²) in [6.45, 7) is 9.43. The number of hydrogen-bond acceptors (Lipinski definition) is 2. The molecule has 0 aliphatic heterocycles. The second-order valence-corrected chi connectivity index (χ2v) is 4.37. The summed E-state index contributed by atoms with van der Waals surface area (Å²) in [6.07, 6.45) is 4.38. The van der Waals surface area contributed by atoms with Gasteiger partial charge in [0.05, 0.1) is 6.04 Å². The molecule has 0 aromatic carbocycles. The summed E-state index contributed by atoms with van der Waals surface area (Å²) in [5, 5.41) is 0. The zero-order valence-electron chi connectivity index (χ0n) is 10.6. The van der Waals surface area contributed by atoms with Crippen molar-refractivity contribution in [3.8, 4) is 0 Å². The fourth-order valence-corrected chi connectivity index (χ4v) is 1.92. The first-order valence-electron chi connectivity index (χ1n) is 6.09. The van der Waals surface area contributed by atoms with Crippen LogP contribution in [-0.4, -0.2) is 29.4 Å². The third kappa shape index (κ3) is 5.17. The van der Waals surface area contributed by atoms with Crippen LogP contribution in [0.4, 0.5) is 0 Å². The van der Waals surface area contributed by atoms with Gasteiger partial charge in [0.2, 0.25) is 5.91 Å². The molecule has 3 heteroatoms. The van der Waals surface area contributed by atoms with Gasteiger partial charge in [0.15, 0.2) is 0 Å². The molecule has 1 atom stereocenters. The van der Waals surface area contributed by atoms with Gasteiger partial charge in [-0.2, -0.15) is 0 Å². The van der Waals surface area contributed by atoms with Gasteiger partial charge in [0.25, 0.3) is 0 Å². The van der Waals surface area contributed by atoms with Crippen LogP contribution in [0.15, 0.2) is 0 Å². The molecule has 1 unspecified atom stereocenters. The molecule has 0 saturated heterocycles. The maximum atomic E-state index is 11.3. The highest BCUT2D eigenvalue weighted by molar-refractivity contribution is 5.79. The summed E-state index contributed by atoms with van der Waals surface area (Å²) in [6, 6.07) is 0.293. The van der Waals surface area contributed by atoms with E-state index in [1.165, 1.54) is 12.8 Å². The van der Waals surface area contributed by atoms with Crippen LogP contribution < -0.4 is 5.73 Å². The Hall–Kier alpha value is -0.570. The summed E-state index contributed by atoms with van der Waals surface area (Å²) < 4.78 is 0. The fourth-order valence-electron chi connectivity index (χ4n) is 1.92. The van der Waals surface area contributed by atoms with Crippen molar-refractivity contribution in [1.29, 1.82) is 0 Å². The van der Waals surface area contributed by atoms with Crippen LogP contribution in [0.1, 0.15) is 53.4 Å². The molecule has 0 rings (SSSR count). The minimum atomic E-state index is -0.192. The van der Waals surface area contributed by atoms with E-state index in [1.54, 1.807) is 0 Å². The molecule has 0 aliphatic rings. The van der Waals surface area contributed by atoms with Crippen LogP contribution in [0.5, 0.6) is 0 Å². The highest BCUT2D eigenvalue weighted by atomic mass is 16.1. The molecule has 2 N–H and O–H groups in total. The van der Waals surface area contributed by atoms with E-state index in [0.29, 0.717) is 6.04 Å². The minimum absolute atomic E-state index is 0.0955. The maximum Gasteiger partial charge on any atom is 0.234 e. The summed E-state index contributed by atoms with van der Waals surface area (Å²) in [4.78, 5) is 13.5. The zero-order valence-corrected chi connectivity index (χ0v) is 10.6. The van der Waals surface area contributed by atoms with Crippen molar-refractivity contribution >= 4 is 5.91 Å². The summed E-state index contributed by atoms with van der Waals surface area (Å²) in [5.41, 5.74) is 5.41. The van der Waals surface area contributed by atoms with Crippen LogP contribution in [0.25, 0.3) is 0 Å². The smallest absolute Gasteiger partial charge is 0.234 e. The summed E-state index contributed by atoms with van der Waals surface area (Å²) in [5.74, 6) is -0.192. The molecule has 90 valence electrons. The largest absolute Gasteiger partial charge is 0.368 e. The molecule has 0 fully saturated rings. The first-order valence-corrected chi connectivity index (χ1v) is 6.09. The van der Waals surface area contributed by atoms with E-state index in [2.05, 4.69) is 25.7 Å². The number of amides is 1. The lowest BCUT2D eigenvalue weighted by atomic mass is 10.1. The lowest BCUT2D eigenvalue weighted by Crippen LogP contribution is -2.48. The molecule has 15 heavy (non-hydrogen) atoms. The molecule has 0 aromatic heterocycles. The van der Waals surface area contributed by atoms with Crippen molar-refractivity contribution in [3.05, 3.63) is 0 Å². The first-order chi connectivity index (χ1) is 7.04. The molecule has 0 radical (unpaired) electrons. The topological polar surface area (TPSA) is 46.3 Å². The van der Waals surface area contributed by atoms with E-state index in [9.17, 15) is 4.79 Å². The number of unbranched alkanes of at least 4 members (excludes halogenated alkanes) is 2. The predicted octanol–water partition coefficient (Wildman–Crippen LogP) is 2.15. The number of nitrogens with two attached hydrogens (primary N) is 1. The lowest BCUT2D eigenvalue weighted by Gasteiger charge is -2.32. The van der Waals surface area contributed by atoms with E-state index in [1.807, 2.05) is 6.92 Å². The molecular weight excluding hydrogens is 188 g/mol. The fraction of sp³-hybridized carbons (Fsp3) is 0.917. The Morgan fingerprint density at radius 3 is 2.20 bits per heavy atom. The predicted molar refractivity (Wildman–Crippen MR) is 64.6 cm³/mol. The normalized spacial score (nSPS) is 13.5. The lowest BCUT2D eigenvalue weighted by molar-refractivity contribution is -0.124. The molecule has 0 aliphatic carbocycles. The zero-order chi connectivity index (χ0) is 11.8. The Morgan fingerprint density at radius 2 is 1.87 bits per heavy atom. The third-order valence-electron chi connectivity index (χ3n) is 2.80. The SMILES string of the molecule is CCCCCN(C(C)C)C(CC)C(N)=O. The molecule has 0 bridgehead atoms. The summed E-state index contributed by atoms with van der Waals surface area (Å²) >= 11 is 0. The molecule has 0 aromatic rings. The minimum Gasteiger partial charge on any atom is -0.368 e. The van der Waals surface area contributed by atoms with Gasteiger partial charge in [0.1, 0.15) is 0 Å². The summed E-state index contributed by atoms with van der Waals surface area (Å²) in [7, 11) is 0. The van der Waals surface area contributed by atoms with Gasteiger partial charge in [-0.15, -0.1) is 0 Å². The van der Waals surface area contributed by atoms with Crippen molar-refractivity contribution in [3.63, 3.8) is 0 Å². The third-order valence-corrected chi connectivity index (χ3v) is 2.80. The number of primary amides is 1. The van der Waals surface area contributed by atoms with E-state index in [-0.39, 0.29) is 11.9 Å². The van der Waals surface area contributed by atoms with Crippen LogP contribution in [0.3, 0.4) is 0 Å². The van der Waals surface area contributed by atoms with Crippen LogP contribution in [0, 0.1) is 0 Å². The average Bonchev–Trinajstić information content (AvgIpc) is 2.16. The van der Waals surface area contributed by atoms with Crippen molar-refractivity contribution in [2.24, 2.45) is 5.73 Å². The highest BCUT2D eigenvalue weighted by Gasteiger charge is 2.23. The van der Waals surface area contributed by atoms with Gasteiger partial charge < -0.3 is 5.73 Å². The Morgan fingerprint density at radius 1 is 1.27 bits per heavy atom. The number of carbonyl (C=O) groups excluding carboxylic acids is 1. The van der Waals surface area contributed by atoms with E-state index >= 15 is 0 Å². The van der Waals surface area contributed by atoms with Crippen LogP contribution in [0.2, 0.25) is 0 Å². The van der Waals surface area contributed by atoms with Crippen molar-refractivity contribution in [2.45, 2.75) is 65.5 Å². The molecule has 1 amide bonds. The monoisotopic (exact) mass is 214 g/mol. The standard InChI is InChI=1S/C12H26N2O/c1-5-7-8-9-14(10(3)4)11(6-2)12(13)15/h10-11H,5-9H2,1-4H3,(H2,13,15). The maximum absolute atomic E-state index is 11.3. The van der Waals surface area contributed by atoms with Crippen molar-refractivity contribution in [2.75, 3.05) is 6.54 Å². The number of rotatable bonds is 8. The molecule has 0 spiro atoms. The number of carbonyl (C=O) groups is 1. The van der Waals surface area contributed by atoms with Gasteiger partial charge in [0, 0.05) is 6.04 Å². The van der Waals surface area contributed by atoms with Gasteiger partial charge in [-0.25, -0.2) is 0 Å². The Kier molecular flexibility index (Phi) is 7.39. The molecule has 0 heterocycles. The van der Waals surface area contributed by atoms with E-state index in [4.69, 9.17) is 5.73 Å². The second-order valence-electron chi connectivity index (χ2n) is 4.37. The van der Waals surface area contributed by atoms with Crippen LogP contribution in [-0.2, 0) is 4.79 Å².